The van der Waals surface area contributed by atoms with Crippen molar-refractivity contribution in [1.29, 1.82) is 0 Å². The van der Waals surface area contributed by atoms with Crippen LogP contribution in [0.4, 0.5) is 5.82 Å². The molecule has 3 rings (SSSR count). The quantitative estimate of drug-likeness (QED) is 0.756. The standard InChI is InChI=1S/C18H20N2O6/c1-10-5-15(19-26-10)20-16(21)8-12(9-17(20)22)11-6-13(23-2)18(25-4)14(7-11)24-3/h5-7,12H,8-9H2,1-4H3. The average Bonchev–Trinajstić information content (AvgIpc) is 3.05. The first-order valence-corrected chi connectivity index (χ1v) is 8.07. The molecule has 0 N–H and O–H groups in total. The summed E-state index contributed by atoms with van der Waals surface area (Å²) in [6.07, 6.45) is 0.326. The molecule has 138 valence electrons. The summed E-state index contributed by atoms with van der Waals surface area (Å²) in [6, 6.07) is 5.10. The van der Waals surface area contributed by atoms with Crippen molar-refractivity contribution < 1.29 is 28.3 Å². The van der Waals surface area contributed by atoms with E-state index in [9.17, 15) is 9.59 Å². The topological polar surface area (TPSA) is 91.1 Å². The lowest BCUT2D eigenvalue weighted by Crippen LogP contribution is -2.43. The predicted octanol–water partition coefficient (Wildman–Crippen LogP) is 2.45. The SMILES string of the molecule is COc1cc(C2CC(=O)N(c3cc(C)on3)C(=O)C2)cc(OC)c1OC. The Labute approximate surface area is 150 Å². The summed E-state index contributed by atoms with van der Waals surface area (Å²) < 4.78 is 21.0. The molecule has 0 aliphatic carbocycles. The van der Waals surface area contributed by atoms with Gasteiger partial charge in [-0.1, -0.05) is 5.16 Å². The molecule has 1 fully saturated rings. The van der Waals surface area contributed by atoms with Crippen molar-refractivity contribution in [2.24, 2.45) is 0 Å². The number of carbonyl (C=O) groups excluding carboxylic acids is 2. The molecule has 1 aliphatic heterocycles. The van der Waals surface area contributed by atoms with Gasteiger partial charge in [-0.15, -0.1) is 0 Å². The van der Waals surface area contributed by atoms with Gasteiger partial charge < -0.3 is 18.7 Å². The number of anilines is 1. The molecule has 1 aliphatic rings. The van der Waals surface area contributed by atoms with Crippen LogP contribution in [0.2, 0.25) is 0 Å². The molecule has 0 bridgehead atoms. The van der Waals surface area contributed by atoms with E-state index in [1.54, 1.807) is 25.1 Å². The van der Waals surface area contributed by atoms with Crippen LogP contribution >= 0.6 is 0 Å². The number of piperidine rings is 1. The van der Waals surface area contributed by atoms with E-state index in [0.29, 0.717) is 23.0 Å². The van der Waals surface area contributed by atoms with Gasteiger partial charge in [-0.2, -0.15) is 0 Å². The number of rotatable bonds is 5. The van der Waals surface area contributed by atoms with Crippen molar-refractivity contribution >= 4 is 17.6 Å². The lowest BCUT2D eigenvalue weighted by molar-refractivity contribution is -0.129. The monoisotopic (exact) mass is 360 g/mol. The van der Waals surface area contributed by atoms with Gasteiger partial charge in [0, 0.05) is 24.8 Å². The zero-order valence-corrected chi connectivity index (χ0v) is 15.1. The second kappa shape index (κ2) is 7.07. The van der Waals surface area contributed by atoms with Crippen molar-refractivity contribution in [3.05, 3.63) is 29.5 Å². The highest BCUT2D eigenvalue weighted by Crippen LogP contribution is 2.42. The first kappa shape index (κ1) is 17.8. The highest BCUT2D eigenvalue weighted by atomic mass is 16.5. The Morgan fingerprint density at radius 2 is 1.58 bits per heavy atom. The average molecular weight is 360 g/mol. The first-order valence-electron chi connectivity index (χ1n) is 8.07. The first-order chi connectivity index (χ1) is 12.5. The number of methoxy groups -OCH3 is 3. The van der Waals surface area contributed by atoms with Crippen molar-refractivity contribution in [2.45, 2.75) is 25.7 Å². The summed E-state index contributed by atoms with van der Waals surface area (Å²) in [5.74, 6) is 1.25. The van der Waals surface area contributed by atoms with Crippen LogP contribution in [0.5, 0.6) is 17.2 Å². The van der Waals surface area contributed by atoms with Gasteiger partial charge in [-0.3, -0.25) is 9.59 Å². The molecule has 0 radical (unpaired) electrons. The number of imide groups is 1. The van der Waals surface area contributed by atoms with Gasteiger partial charge in [0.15, 0.2) is 17.3 Å². The van der Waals surface area contributed by atoms with Crippen molar-refractivity contribution in [2.75, 3.05) is 26.2 Å². The number of carbonyl (C=O) groups is 2. The zero-order chi connectivity index (χ0) is 18.8. The van der Waals surface area contributed by atoms with E-state index in [1.807, 2.05) is 0 Å². The fourth-order valence-electron chi connectivity index (χ4n) is 3.10. The molecule has 1 aromatic heterocycles. The van der Waals surface area contributed by atoms with Crippen molar-refractivity contribution in [1.82, 2.24) is 5.16 Å². The van der Waals surface area contributed by atoms with E-state index in [-0.39, 0.29) is 36.4 Å². The fraction of sp³-hybridized carbons (Fsp3) is 0.389. The molecular weight excluding hydrogens is 340 g/mol. The Hall–Kier alpha value is -3.03. The summed E-state index contributed by atoms with van der Waals surface area (Å²) in [5.41, 5.74) is 0.775. The minimum absolute atomic E-state index is 0.163. The predicted molar refractivity (Wildman–Crippen MR) is 91.8 cm³/mol. The summed E-state index contributed by atoms with van der Waals surface area (Å²) in [6.45, 7) is 1.70. The normalized spacial score (nSPS) is 15.3. The van der Waals surface area contributed by atoms with Crippen LogP contribution in [0.3, 0.4) is 0 Å². The summed E-state index contributed by atoms with van der Waals surface area (Å²) >= 11 is 0. The van der Waals surface area contributed by atoms with Gasteiger partial charge in [0.2, 0.25) is 17.6 Å². The van der Waals surface area contributed by atoms with Crippen molar-refractivity contribution in [3.8, 4) is 17.2 Å². The number of hydrogen-bond donors (Lipinski definition) is 0. The van der Waals surface area contributed by atoms with Crippen LogP contribution in [-0.2, 0) is 9.59 Å². The third-order valence-electron chi connectivity index (χ3n) is 4.34. The molecule has 26 heavy (non-hydrogen) atoms. The van der Waals surface area contributed by atoms with Crippen LogP contribution < -0.4 is 19.1 Å². The van der Waals surface area contributed by atoms with Crippen LogP contribution in [0.25, 0.3) is 0 Å². The Morgan fingerprint density at radius 3 is 2.00 bits per heavy atom. The van der Waals surface area contributed by atoms with Gasteiger partial charge in [0.1, 0.15) is 5.76 Å². The van der Waals surface area contributed by atoms with Crippen LogP contribution in [0, 0.1) is 6.92 Å². The number of amides is 2. The van der Waals surface area contributed by atoms with Crippen LogP contribution in [0.15, 0.2) is 22.7 Å². The van der Waals surface area contributed by atoms with Crippen LogP contribution in [-0.4, -0.2) is 38.3 Å². The molecule has 2 heterocycles. The molecule has 8 nitrogen and oxygen atoms in total. The third-order valence-corrected chi connectivity index (χ3v) is 4.34. The van der Waals surface area contributed by atoms with Gasteiger partial charge in [-0.05, 0) is 24.6 Å². The van der Waals surface area contributed by atoms with Gasteiger partial charge in [-0.25, -0.2) is 4.90 Å². The molecule has 2 aromatic rings. The number of aromatic nitrogens is 1. The Bertz CT molecular complexity index is 801. The van der Waals surface area contributed by atoms with E-state index < -0.39 is 0 Å². The molecule has 1 saturated heterocycles. The summed E-state index contributed by atoms with van der Waals surface area (Å²) in [7, 11) is 4.56. The van der Waals surface area contributed by atoms with Gasteiger partial charge in [0.25, 0.3) is 0 Å². The van der Waals surface area contributed by atoms with E-state index in [4.69, 9.17) is 18.7 Å². The van der Waals surface area contributed by atoms with Crippen LogP contribution in [0.1, 0.15) is 30.1 Å². The summed E-state index contributed by atoms with van der Waals surface area (Å²) in [4.78, 5) is 26.2. The summed E-state index contributed by atoms with van der Waals surface area (Å²) in [5, 5.41) is 3.77. The Balaban J connectivity index is 1.90. The number of ether oxygens (including phenoxy) is 3. The number of benzene rings is 1. The molecule has 2 amide bonds. The number of hydrogen-bond acceptors (Lipinski definition) is 7. The highest BCUT2D eigenvalue weighted by Gasteiger charge is 2.36. The van der Waals surface area contributed by atoms with E-state index in [1.165, 1.54) is 21.3 Å². The van der Waals surface area contributed by atoms with Gasteiger partial charge >= 0.3 is 0 Å². The molecule has 1 aromatic carbocycles. The van der Waals surface area contributed by atoms with Crippen molar-refractivity contribution in [3.63, 3.8) is 0 Å². The molecule has 0 unspecified atom stereocenters. The lowest BCUT2D eigenvalue weighted by Gasteiger charge is -2.29. The Morgan fingerprint density at radius 1 is 1.00 bits per heavy atom. The highest BCUT2D eigenvalue weighted by molar-refractivity contribution is 6.16. The largest absolute Gasteiger partial charge is 0.493 e. The number of nitrogens with zero attached hydrogens (tertiary/aromatic N) is 2. The molecule has 8 heteroatoms. The molecule has 0 atom stereocenters. The molecule has 0 saturated carbocycles. The Kier molecular flexibility index (Phi) is 4.83. The van der Waals surface area contributed by atoms with E-state index in [2.05, 4.69) is 5.16 Å². The minimum atomic E-state index is -0.326. The maximum atomic E-state index is 12.6. The second-order valence-electron chi connectivity index (χ2n) is 5.98. The van der Waals surface area contributed by atoms with E-state index in [0.717, 1.165) is 10.5 Å². The minimum Gasteiger partial charge on any atom is -0.493 e. The third kappa shape index (κ3) is 3.10. The van der Waals surface area contributed by atoms with Gasteiger partial charge in [0.05, 0.1) is 21.3 Å². The molecular formula is C18H20N2O6. The fourth-order valence-corrected chi connectivity index (χ4v) is 3.10. The lowest BCUT2D eigenvalue weighted by atomic mass is 9.88. The zero-order valence-electron chi connectivity index (χ0n) is 15.1. The second-order valence-corrected chi connectivity index (χ2v) is 5.98. The molecule has 0 spiro atoms. The van der Waals surface area contributed by atoms with E-state index >= 15 is 0 Å². The maximum absolute atomic E-state index is 12.6. The smallest absolute Gasteiger partial charge is 0.235 e. The maximum Gasteiger partial charge on any atom is 0.235 e. The number of aryl methyl sites for hydroxylation is 1.